The summed E-state index contributed by atoms with van der Waals surface area (Å²) in [6.07, 6.45) is 9.19. The normalized spacial score (nSPS) is 12.0. The molecular formula is C25H28O. The van der Waals surface area contributed by atoms with Gasteiger partial charge < -0.3 is 0 Å². The molecule has 0 N–H and O–H groups in total. The summed E-state index contributed by atoms with van der Waals surface area (Å²) < 4.78 is 0. The third kappa shape index (κ3) is 6.68. The Morgan fingerprint density at radius 2 is 1.46 bits per heavy atom. The van der Waals surface area contributed by atoms with Gasteiger partial charge in [0.1, 0.15) is 0 Å². The third-order valence-corrected chi connectivity index (χ3v) is 4.23. The maximum Gasteiger partial charge on any atom is 0.189 e. The lowest BCUT2D eigenvalue weighted by Crippen LogP contribution is -2.03. The average Bonchev–Trinajstić information content (AvgIpc) is 2.66. The summed E-state index contributed by atoms with van der Waals surface area (Å²) in [6.45, 7) is 6.39. The minimum absolute atomic E-state index is 0.0998. The molecule has 0 saturated heterocycles. The predicted octanol–water partition coefficient (Wildman–Crippen LogP) is 7.04. The first-order valence-corrected chi connectivity index (χ1v) is 9.20. The van der Waals surface area contributed by atoms with Crippen LogP contribution in [-0.4, -0.2) is 5.78 Å². The van der Waals surface area contributed by atoms with E-state index in [4.69, 9.17) is 0 Å². The van der Waals surface area contributed by atoms with Gasteiger partial charge in [0.25, 0.3) is 0 Å². The van der Waals surface area contributed by atoms with Crippen LogP contribution < -0.4 is 0 Å². The summed E-state index contributed by atoms with van der Waals surface area (Å²) in [6, 6.07) is 19.6. The smallest absolute Gasteiger partial charge is 0.189 e. The lowest BCUT2D eigenvalue weighted by atomic mass is 9.97. The van der Waals surface area contributed by atoms with Gasteiger partial charge in [0.05, 0.1) is 0 Å². The SMILES string of the molecule is CC(C)=CCCC(C)=CCC(=Cc1ccccc1)C(=O)c1ccccc1. The molecule has 0 atom stereocenters. The first-order chi connectivity index (χ1) is 12.6. The second kappa shape index (κ2) is 10.4. The van der Waals surface area contributed by atoms with E-state index in [1.165, 1.54) is 11.1 Å². The molecule has 0 aliphatic rings. The van der Waals surface area contributed by atoms with E-state index in [9.17, 15) is 4.79 Å². The molecule has 2 aromatic rings. The van der Waals surface area contributed by atoms with Gasteiger partial charge in [-0.2, -0.15) is 0 Å². The van der Waals surface area contributed by atoms with Crippen LogP contribution in [-0.2, 0) is 0 Å². The molecule has 26 heavy (non-hydrogen) atoms. The Labute approximate surface area is 157 Å². The summed E-state index contributed by atoms with van der Waals surface area (Å²) in [4.78, 5) is 13.0. The summed E-state index contributed by atoms with van der Waals surface area (Å²) in [5.74, 6) is 0.0998. The molecule has 2 rings (SSSR count). The van der Waals surface area contributed by atoms with Crippen molar-refractivity contribution >= 4 is 11.9 Å². The van der Waals surface area contributed by atoms with Crippen LogP contribution in [0.4, 0.5) is 0 Å². The Bertz CT molecular complexity index is 789. The lowest BCUT2D eigenvalue weighted by Gasteiger charge is -2.07. The van der Waals surface area contributed by atoms with Crippen LogP contribution in [0.2, 0.25) is 0 Å². The van der Waals surface area contributed by atoms with Crippen molar-refractivity contribution in [3.8, 4) is 0 Å². The van der Waals surface area contributed by atoms with Crippen LogP contribution in [0.3, 0.4) is 0 Å². The van der Waals surface area contributed by atoms with Crippen molar-refractivity contribution in [3.05, 3.63) is 101 Å². The van der Waals surface area contributed by atoms with Gasteiger partial charge >= 0.3 is 0 Å². The fraction of sp³-hybridized carbons (Fsp3) is 0.240. The number of Topliss-reactive ketones (excluding diaryl/α,β-unsaturated/α-hetero) is 1. The van der Waals surface area contributed by atoms with Crippen LogP contribution in [0.1, 0.15) is 56.0 Å². The van der Waals surface area contributed by atoms with Crippen molar-refractivity contribution in [3.63, 3.8) is 0 Å². The minimum Gasteiger partial charge on any atom is -0.289 e. The maximum atomic E-state index is 13.0. The molecule has 134 valence electrons. The zero-order valence-electron chi connectivity index (χ0n) is 16.0. The molecule has 0 fully saturated rings. The van der Waals surface area contributed by atoms with Crippen molar-refractivity contribution in [2.75, 3.05) is 0 Å². The van der Waals surface area contributed by atoms with Crippen LogP contribution in [0, 0.1) is 0 Å². The van der Waals surface area contributed by atoms with Crippen molar-refractivity contribution < 1.29 is 4.79 Å². The molecule has 0 unspecified atom stereocenters. The minimum atomic E-state index is 0.0998. The number of carbonyl (C=O) groups is 1. The molecule has 0 aliphatic carbocycles. The monoisotopic (exact) mass is 344 g/mol. The van der Waals surface area contributed by atoms with Crippen molar-refractivity contribution in [1.29, 1.82) is 0 Å². The zero-order valence-corrected chi connectivity index (χ0v) is 16.0. The summed E-state index contributed by atoms with van der Waals surface area (Å²) in [7, 11) is 0. The highest BCUT2D eigenvalue weighted by Crippen LogP contribution is 2.18. The van der Waals surface area contributed by atoms with Gasteiger partial charge in [-0.05, 0) is 51.7 Å². The van der Waals surface area contributed by atoms with Crippen molar-refractivity contribution in [1.82, 2.24) is 0 Å². The van der Waals surface area contributed by atoms with Gasteiger partial charge in [0.2, 0.25) is 0 Å². The predicted molar refractivity (Wildman–Crippen MR) is 112 cm³/mol. The standard InChI is InChI=1S/C25H28O/c1-20(2)11-10-12-21(3)17-18-24(19-22-13-6-4-7-14-22)25(26)23-15-8-5-9-16-23/h4-9,11,13-17,19H,10,12,18H2,1-3H3. The van der Waals surface area contributed by atoms with Gasteiger partial charge in [0.15, 0.2) is 5.78 Å². The first-order valence-electron chi connectivity index (χ1n) is 9.20. The van der Waals surface area contributed by atoms with E-state index in [0.717, 1.165) is 29.5 Å². The van der Waals surface area contributed by atoms with E-state index < -0.39 is 0 Å². The van der Waals surface area contributed by atoms with E-state index in [1.807, 2.05) is 66.7 Å². The number of hydrogen-bond acceptors (Lipinski definition) is 1. The Balaban J connectivity index is 2.20. The second-order valence-electron chi connectivity index (χ2n) is 6.85. The number of carbonyl (C=O) groups excluding carboxylic acids is 1. The number of benzene rings is 2. The molecule has 0 amide bonds. The van der Waals surface area contributed by atoms with E-state index >= 15 is 0 Å². The van der Waals surface area contributed by atoms with E-state index in [0.29, 0.717) is 6.42 Å². The Hall–Kier alpha value is -2.67. The summed E-state index contributed by atoms with van der Waals surface area (Å²) in [5, 5.41) is 0. The topological polar surface area (TPSA) is 17.1 Å². The fourth-order valence-electron chi connectivity index (χ4n) is 2.72. The molecule has 1 nitrogen and oxygen atoms in total. The molecule has 0 spiro atoms. The summed E-state index contributed by atoms with van der Waals surface area (Å²) in [5.41, 5.74) is 5.29. The molecular weight excluding hydrogens is 316 g/mol. The number of allylic oxidation sites excluding steroid dienone is 5. The quantitative estimate of drug-likeness (QED) is 0.285. The first kappa shape index (κ1) is 19.7. The van der Waals surface area contributed by atoms with Gasteiger partial charge in [-0.25, -0.2) is 0 Å². The molecule has 0 aromatic heterocycles. The van der Waals surface area contributed by atoms with Gasteiger partial charge in [-0.1, -0.05) is 84.0 Å². The van der Waals surface area contributed by atoms with Crippen LogP contribution in [0.5, 0.6) is 0 Å². The fourth-order valence-corrected chi connectivity index (χ4v) is 2.72. The van der Waals surface area contributed by atoms with Gasteiger partial charge in [0, 0.05) is 11.1 Å². The highest BCUT2D eigenvalue weighted by Gasteiger charge is 2.11. The second-order valence-corrected chi connectivity index (χ2v) is 6.85. The maximum absolute atomic E-state index is 13.0. The highest BCUT2D eigenvalue weighted by molar-refractivity contribution is 6.11. The van der Waals surface area contributed by atoms with Crippen LogP contribution in [0.15, 0.2) is 89.5 Å². The molecule has 0 saturated carbocycles. The van der Waals surface area contributed by atoms with E-state index in [2.05, 4.69) is 32.9 Å². The molecule has 0 aliphatic heterocycles. The zero-order chi connectivity index (χ0) is 18.8. The molecule has 2 aromatic carbocycles. The molecule has 0 bridgehead atoms. The summed E-state index contributed by atoms with van der Waals surface area (Å²) >= 11 is 0. The highest BCUT2D eigenvalue weighted by atomic mass is 16.1. The Morgan fingerprint density at radius 3 is 2.08 bits per heavy atom. The van der Waals surface area contributed by atoms with Crippen LogP contribution >= 0.6 is 0 Å². The largest absolute Gasteiger partial charge is 0.289 e. The number of rotatable bonds is 8. The van der Waals surface area contributed by atoms with Crippen LogP contribution in [0.25, 0.3) is 6.08 Å². The number of ketones is 1. The van der Waals surface area contributed by atoms with E-state index in [1.54, 1.807) is 0 Å². The lowest BCUT2D eigenvalue weighted by molar-refractivity contribution is 0.103. The van der Waals surface area contributed by atoms with E-state index in [-0.39, 0.29) is 5.78 Å². The van der Waals surface area contributed by atoms with Gasteiger partial charge in [-0.3, -0.25) is 4.79 Å². The Kier molecular flexibility index (Phi) is 7.82. The van der Waals surface area contributed by atoms with Crippen molar-refractivity contribution in [2.24, 2.45) is 0 Å². The average molecular weight is 344 g/mol. The third-order valence-electron chi connectivity index (χ3n) is 4.23. The van der Waals surface area contributed by atoms with Crippen molar-refractivity contribution in [2.45, 2.75) is 40.0 Å². The molecule has 1 heteroatoms. The Morgan fingerprint density at radius 1 is 0.846 bits per heavy atom. The molecule has 0 heterocycles. The number of hydrogen-bond donors (Lipinski definition) is 0. The molecule has 0 radical (unpaired) electrons. The van der Waals surface area contributed by atoms with Gasteiger partial charge in [-0.15, -0.1) is 0 Å².